The molecule has 1 aliphatic carbocycles. The maximum absolute atomic E-state index is 4.48. The van der Waals surface area contributed by atoms with Crippen molar-refractivity contribution in [3.05, 3.63) is 30.3 Å². The Hall–Kier alpha value is -1.75. The molecule has 1 unspecified atom stereocenters. The van der Waals surface area contributed by atoms with Crippen molar-refractivity contribution in [2.45, 2.75) is 44.7 Å². The first-order valence-electron chi connectivity index (χ1n) is 7.41. The van der Waals surface area contributed by atoms with Gasteiger partial charge in [-0.1, -0.05) is 30.3 Å². The molecular formula is C15H21N5. The summed E-state index contributed by atoms with van der Waals surface area (Å²) in [5, 5.41) is 16.3. The molecule has 1 heterocycles. The van der Waals surface area contributed by atoms with E-state index >= 15 is 0 Å². The first kappa shape index (κ1) is 13.2. The zero-order valence-corrected chi connectivity index (χ0v) is 11.9. The van der Waals surface area contributed by atoms with Crippen LogP contribution in [-0.2, 0) is 0 Å². The quantitative estimate of drug-likeness (QED) is 0.786. The summed E-state index contributed by atoms with van der Waals surface area (Å²) >= 11 is 0. The summed E-state index contributed by atoms with van der Waals surface area (Å²) in [6.07, 6.45) is 4.92. The van der Waals surface area contributed by atoms with Gasteiger partial charge in [0.1, 0.15) is 0 Å². The number of hydrogen-bond acceptors (Lipinski definition) is 4. The van der Waals surface area contributed by atoms with Crippen LogP contribution in [0, 0.1) is 0 Å². The Labute approximate surface area is 119 Å². The molecule has 0 saturated heterocycles. The van der Waals surface area contributed by atoms with Crippen LogP contribution in [0.1, 0.15) is 38.6 Å². The van der Waals surface area contributed by atoms with E-state index in [-0.39, 0.29) is 0 Å². The fraction of sp³-hybridized carbons (Fsp3) is 0.533. The molecule has 1 aromatic carbocycles. The lowest BCUT2D eigenvalue weighted by Gasteiger charge is -2.09. The molecule has 0 amide bonds. The highest BCUT2D eigenvalue weighted by Crippen LogP contribution is 2.19. The third kappa shape index (κ3) is 3.42. The minimum atomic E-state index is 0.293. The normalized spacial score (nSPS) is 16.2. The maximum Gasteiger partial charge on any atom is 0.204 e. The van der Waals surface area contributed by atoms with Gasteiger partial charge < -0.3 is 5.32 Å². The fourth-order valence-corrected chi connectivity index (χ4v) is 2.22. The first-order chi connectivity index (χ1) is 9.83. The zero-order chi connectivity index (χ0) is 13.8. The van der Waals surface area contributed by atoms with E-state index in [4.69, 9.17) is 0 Å². The Bertz CT molecular complexity index is 532. The second kappa shape index (κ2) is 6.13. The van der Waals surface area contributed by atoms with Crippen molar-refractivity contribution >= 4 is 0 Å². The number of hydrogen-bond donors (Lipinski definition) is 1. The molecule has 5 nitrogen and oxygen atoms in total. The number of benzene rings is 1. The molecule has 0 radical (unpaired) electrons. The molecule has 0 spiro atoms. The van der Waals surface area contributed by atoms with Gasteiger partial charge in [-0.05, 0) is 44.4 Å². The van der Waals surface area contributed by atoms with Crippen LogP contribution in [0.5, 0.6) is 0 Å². The minimum absolute atomic E-state index is 0.293. The van der Waals surface area contributed by atoms with Crippen molar-refractivity contribution in [1.29, 1.82) is 0 Å². The van der Waals surface area contributed by atoms with Crippen LogP contribution in [0.3, 0.4) is 0 Å². The van der Waals surface area contributed by atoms with E-state index in [1.165, 1.54) is 12.8 Å². The van der Waals surface area contributed by atoms with Crippen molar-refractivity contribution in [1.82, 2.24) is 25.5 Å². The smallest absolute Gasteiger partial charge is 0.204 e. The molecule has 1 aliphatic rings. The maximum atomic E-state index is 4.48. The lowest BCUT2D eigenvalue weighted by molar-refractivity contribution is 0.388. The molecule has 1 aromatic heterocycles. The van der Waals surface area contributed by atoms with Crippen molar-refractivity contribution in [3.8, 4) is 11.4 Å². The summed E-state index contributed by atoms with van der Waals surface area (Å²) in [6, 6.07) is 11.1. The van der Waals surface area contributed by atoms with Gasteiger partial charge in [0, 0.05) is 11.6 Å². The second-order valence-corrected chi connectivity index (χ2v) is 5.52. The van der Waals surface area contributed by atoms with Crippen LogP contribution >= 0.6 is 0 Å². The molecule has 2 aromatic rings. The van der Waals surface area contributed by atoms with Gasteiger partial charge in [0.2, 0.25) is 5.82 Å². The fourth-order valence-electron chi connectivity index (χ4n) is 2.22. The Morgan fingerprint density at radius 3 is 2.85 bits per heavy atom. The number of nitrogens with zero attached hydrogens (tertiary/aromatic N) is 4. The van der Waals surface area contributed by atoms with Crippen LogP contribution in [-0.4, -0.2) is 32.8 Å². The van der Waals surface area contributed by atoms with E-state index in [1.807, 2.05) is 30.3 Å². The highest BCUT2D eigenvalue weighted by molar-refractivity contribution is 5.52. The number of tetrazole rings is 1. The molecule has 5 heteroatoms. The molecule has 1 atom stereocenters. The third-order valence-electron chi connectivity index (χ3n) is 3.66. The molecular weight excluding hydrogens is 250 g/mol. The summed E-state index contributed by atoms with van der Waals surface area (Å²) in [4.78, 5) is 1.74. The summed E-state index contributed by atoms with van der Waals surface area (Å²) in [5.74, 6) is 0.702. The molecule has 1 fully saturated rings. The number of rotatable bonds is 7. The first-order valence-corrected chi connectivity index (χ1v) is 7.41. The van der Waals surface area contributed by atoms with E-state index < -0.39 is 0 Å². The minimum Gasteiger partial charge on any atom is -0.314 e. The second-order valence-electron chi connectivity index (χ2n) is 5.52. The molecule has 0 bridgehead atoms. The predicted octanol–water partition coefficient (Wildman–Crippen LogP) is 2.43. The van der Waals surface area contributed by atoms with Crippen molar-refractivity contribution in [3.63, 3.8) is 0 Å². The van der Waals surface area contributed by atoms with Gasteiger partial charge in [-0.25, -0.2) is 0 Å². The van der Waals surface area contributed by atoms with Crippen LogP contribution in [0.4, 0.5) is 0 Å². The van der Waals surface area contributed by atoms with Gasteiger partial charge in [0.15, 0.2) is 0 Å². The Morgan fingerprint density at radius 1 is 1.30 bits per heavy atom. The molecule has 3 rings (SSSR count). The van der Waals surface area contributed by atoms with Crippen LogP contribution in [0.2, 0.25) is 0 Å². The molecule has 1 N–H and O–H groups in total. The van der Waals surface area contributed by atoms with Crippen molar-refractivity contribution < 1.29 is 0 Å². The average Bonchev–Trinajstić information content (AvgIpc) is 3.18. The van der Waals surface area contributed by atoms with Gasteiger partial charge in [-0.3, -0.25) is 0 Å². The van der Waals surface area contributed by atoms with Crippen LogP contribution in [0.15, 0.2) is 30.3 Å². The predicted molar refractivity (Wildman–Crippen MR) is 78.2 cm³/mol. The molecule has 1 saturated carbocycles. The topological polar surface area (TPSA) is 55.6 Å². The van der Waals surface area contributed by atoms with E-state index in [0.29, 0.717) is 11.9 Å². The highest BCUT2D eigenvalue weighted by Gasteiger charge is 2.19. The molecule has 106 valence electrons. The number of nitrogens with one attached hydrogen (secondary N) is 1. The summed E-state index contributed by atoms with van der Waals surface area (Å²) in [7, 11) is 0. The van der Waals surface area contributed by atoms with Gasteiger partial charge >= 0.3 is 0 Å². The summed E-state index contributed by atoms with van der Waals surface area (Å²) in [6.45, 7) is 3.24. The van der Waals surface area contributed by atoms with Gasteiger partial charge in [0.05, 0.1) is 6.04 Å². The van der Waals surface area contributed by atoms with Gasteiger partial charge in [-0.15, -0.1) is 10.2 Å². The standard InChI is InChI=1S/C15H21N5/c1-12(6-5-11-16-14-9-10-14)20-18-15(17-19-20)13-7-3-2-4-8-13/h2-4,7-8,12,14,16H,5-6,9-11H2,1H3. The van der Waals surface area contributed by atoms with E-state index in [0.717, 1.165) is 31.0 Å². The Morgan fingerprint density at radius 2 is 2.10 bits per heavy atom. The summed E-state index contributed by atoms with van der Waals surface area (Å²) in [5.41, 5.74) is 1.02. The van der Waals surface area contributed by atoms with Crippen molar-refractivity contribution in [2.24, 2.45) is 0 Å². The lowest BCUT2D eigenvalue weighted by Crippen LogP contribution is -2.19. The lowest BCUT2D eigenvalue weighted by atomic mass is 10.2. The van der Waals surface area contributed by atoms with Gasteiger partial charge in [0.25, 0.3) is 0 Å². The SMILES string of the molecule is CC(CCCNC1CC1)n1nnc(-c2ccccc2)n1. The van der Waals surface area contributed by atoms with E-state index in [1.54, 1.807) is 4.80 Å². The molecule has 20 heavy (non-hydrogen) atoms. The number of aromatic nitrogens is 4. The van der Waals surface area contributed by atoms with Crippen LogP contribution < -0.4 is 5.32 Å². The highest BCUT2D eigenvalue weighted by atomic mass is 15.6. The monoisotopic (exact) mass is 271 g/mol. The average molecular weight is 271 g/mol. The van der Waals surface area contributed by atoms with Crippen LogP contribution in [0.25, 0.3) is 11.4 Å². The zero-order valence-electron chi connectivity index (χ0n) is 11.9. The Kier molecular flexibility index (Phi) is 4.06. The van der Waals surface area contributed by atoms with E-state index in [2.05, 4.69) is 27.7 Å². The largest absolute Gasteiger partial charge is 0.314 e. The van der Waals surface area contributed by atoms with Crippen molar-refractivity contribution in [2.75, 3.05) is 6.54 Å². The van der Waals surface area contributed by atoms with Gasteiger partial charge in [-0.2, -0.15) is 4.80 Å². The molecule has 0 aliphatic heterocycles. The van der Waals surface area contributed by atoms with E-state index in [9.17, 15) is 0 Å². The third-order valence-corrected chi connectivity index (χ3v) is 3.66. The summed E-state index contributed by atoms with van der Waals surface area (Å²) < 4.78 is 0. The Balaban J connectivity index is 1.52.